The van der Waals surface area contributed by atoms with Crippen LogP contribution in [0.2, 0.25) is 5.02 Å². The lowest BCUT2D eigenvalue weighted by molar-refractivity contribution is -0.00951. The van der Waals surface area contributed by atoms with Gasteiger partial charge in [-0.3, -0.25) is 4.90 Å². The molecule has 0 unspecified atom stereocenters. The first-order chi connectivity index (χ1) is 10.9. The molecule has 1 saturated heterocycles. The van der Waals surface area contributed by atoms with Crippen molar-refractivity contribution in [2.75, 3.05) is 19.7 Å². The van der Waals surface area contributed by atoms with Crippen LogP contribution in [0, 0.1) is 0 Å². The number of sulfonamides is 1. The number of alkyl halides is 1. The summed E-state index contributed by atoms with van der Waals surface area (Å²) in [6.45, 7) is 7.56. The largest absolute Gasteiger partial charge is 0.489 e. The van der Waals surface area contributed by atoms with Gasteiger partial charge in [0.2, 0.25) is 10.0 Å². The van der Waals surface area contributed by atoms with Crippen LogP contribution in [0.3, 0.4) is 0 Å². The van der Waals surface area contributed by atoms with E-state index in [-0.39, 0.29) is 27.8 Å². The summed E-state index contributed by atoms with van der Waals surface area (Å²) in [5, 5.41) is 5.14. The van der Waals surface area contributed by atoms with Gasteiger partial charge in [-0.1, -0.05) is 11.6 Å². The number of ether oxygens (including phenoxy) is 1. The molecule has 136 valence electrons. The summed E-state index contributed by atoms with van der Waals surface area (Å²) >= 11 is 6.01. The van der Waals surface area contributed by atoms with Crippen LogP contribution >= 0.6 is 11.6 Å². The average molecular weight is 379 g/mol. The minimum Gasteiger partial charge on any atom is -0.489 e. The molecule has 1 aromatic carbocycles. The molecule has 0 saturated carbocycles. The maximum Gasteiger partial charge on any atom is 0.238 e. The molecule has 0 aromatic heterocycles. The third-order valence-corrected chi connectivity index (χ3v) is 5.53. The molecule has 24 heavy (non-hydrogen) atoms. The fourth-order valence-corrected chi connectivity index (χ4v) is 3.54. The first-order valence-corrected chi connectivity index (χ1v) is 9.72. The van der Waals surface area contributed by atoms with Crippen LogP contribution in [-0.2, 0) is 10.0 Å². The van der Waals surface area contributed by atoms with E-state index in [1.165, 1.54) is 18.2 Å². The van der Waals surface area contributed by atoms with E-state index < -0.39 is 15.7 Å². The van der Waals surface area contributed by atoms with Crippen molar-refractivity contribution in [1.29, 1.82) is 0 Å². The zero-order chi connectivity index (χ0) is 18.2. The van der Waals surface area contributed by atoms with E-state index in [2.05, 4.69) is 25.7 Å². The maximum absolute atomic E-state index is 14.9. The maximum atomic E-state index is 14.9. The van der Waals surface area contributed by atoms with Crippen molar-refractivity contribution in [2.45, 2.75) is 49.7 Å². The molecule has 1 aliphatic rings. The lowest BCUT2D eigenvalue weighted by Gasteiger charge is -2.43. The van der Waals surface area contributed by atoms with Crippen molar-refractivity contribution in [3.8, 4) is 5.75 Å². The fraction of sp³-hybridized carbons (Fsp3) is 0.625. The molecule has 0 aliphatic carbocycles. The lowest BCUT2D eigenvalue weighted by atomic mass is 9.91. The number of benzene rings is 1. The first kappa shape index (κ1) is 19.4. The second kappa shape index (κ2) is 6.78. The zero-order valence-corrected chi connectivity index (χ0v) is 15.8. The topological polar surface area (TPSA) is 72.6 Å². The van der Waals surface area contributed by atoms with Gasteiger partial charge in [-0.25, -0.2) is 17.9 Å². The Balaban J connectivity index is 1.99. The van der Waals surface area contributed by atoms with Crippen LogP contribution < -0.4 is 9.88 Å². The molecule has 0 radical (unpaired) electrons. The third kappa shape index (κ3) is 4.81. The van der Waals surface area contributed by atoms with Crippen molar-refractivity contribution in [1.82, 2.24) is 4.90 Å². The van der Waals surface area contributed by atoms with Gasteiger partial charge in [0.15, 0.2) is 0 Å². The highest BCUT2D eigenvalue weighted by Gasteiger charge is 2.38. The highest BCUT2D eigenvalue weighted by atomic mass is 35.5. The van der Waals surface area contributed by atoms with E-state index in [9.17, 15) is 12.8 Å². The molecule has 1 fully saturated rings. The molecule has 0 atom stereocenters. The number of primary sulfonamides is 1. The molecule has 5 nitrogen and oxygen atoms in total. The minimum atomic E-state index is -3.83. The van der Waals surface area contributed by atoms with Crippen LogP contribution in [0.15, 0.2) is 23.1 Å². The Kier molecular flexibility index (Phi) is 5.49. The van der Waals surface area contributed by atoms with Crippen LogP contribution in [0.4, 0.5) is 4.39 Å². The zero-order valence-electron chi connectivity index (χ0n) is 14.2. The smallest absolute Gasteiger partial charge is 0.238 e. The van der Waals surface area contributed by atoms with E-state index in [0.29, 0.717) is 25.9 Å². The molecule has 1 heterocycles. The summed E-state index contributed by atoms with van der Waals surface area (Å²) in [6, 6.07) is 3.90. The molecule has 2 rings (SSSR count). The van der Waals surface area contributed by atoms with Gasteiger partial charge in [-0.15, -0.1) is 0 Å². The van der Waals surface area contributed by atoms with E-state index in [4.69, 9.17) is 21.5 Å². The normalized spacial score (nSPS) is 19.2. The summed E-state index contributed by atoms with van der Waals surface area (Å²) in [5.41, 5.74) is -1.39. The summed E-state index contributed by atoms with van der Waals surface area (Å²) in [4.78, 5) is 2.15. The van der Waals surface area contributed by atoms with Crippen molar-refractivity contribution in [3.05, 3.63) is 23.2 Å². The van der Waals surface area contributed by atoms with Crippen LogP contribution in [0.25, 0.3) is 0 Å². The Labute approximate surface area is 148 Å². The SMILES string of the molecule is CC(C)(C)N1CCC(F)(COc2ccc(S(N)(=O)=O)cc2Cl)CC1. The van der Waals surface area contributed by atoms with Crippen LogP contribution in [-0.4, -0.2) is 44.2 Å². The summed E-state index contributed by atoms with van der Waals surface area (Å²) in [7, 11) is -3.83. The van der Waals surface area contributed by atoms with Crippen molar-refractivity contribution in [2.24, 2.45) is 5.14 Å². The molecule has 1 aromatic rings. The highest BCUT2D eigenvalue weighted by molar-refractivity contribution is 7.89. The van der Waals surface area contributed by atoms with Gasteiger partial charge in [0.25, 0.3) is 0 Å². The predicted octanol–water partition coefficient (Wildman–Crippen LogP) is 2.97. The van der Waals surface area contributed by atoms with E-state index >= 15 is 0 Å². The number of likely N-dealkylation sites (tertiary alicyclic amines) is 1. The van der Waals surface area contributed by atoms with Gasteiger partial charge in [-0.05, 0) is 51.8 Å². The van der Waals surface area contributed by atoms with Gasteiger partial charge in [-0.2, -0.15) is 0 Å². The molecule has 8 heteroatoms. The van der Waals surface area contributed by atoms with Gasteiger partial charge < -0.3 is 4.74 Å². The van der Waals surface area contributed by atoms with Gasteiger partial charge in [0, 0.05) is 18.6 Å². The van der Waals surface area contributed by atoms with Gasteiger partial charge in [0.1, 0.15) is 18.0 Å². The van der Waals surface area contributed by atoms with Crippen LogP contribution in [0.1, 0.15) is 33.6 Å². The Bertz CT molecular complexity index is 696. The molecule has 0 bridgehead atoms. The van der Waals surface area contributed by atoms with Gasteiger partial charge >= 0.3 is 0 Å². The summed E-state index contributed by atoms with van der Waals surface area (Å²) < 4.78 is 43.0. The predicted molar refractivity (Wildman–Crippen MR) is 92.7 cm³/mol. The van der Waals surface area contributed by atoms with Gasteiger partial charge in [0.05, 0.1) is 9.92 Å². The number of nitrogens with zero attached hydrogens (tertiary/aromatic N) is 1. The number of nitrogens with two attached hydrogens (primary N) is 1. The second-order valence-corrected chi connectivity index (χ2v) is 9.20. The Morgan fingerprint density at radius 3 is 2.38 bits per heavy atom. The van der Waals surface area contributed by atoms with Crippen LogP contribution in [0.5, 0.6) is 5.75 Å². The van der Waals surface area contributed by atoms with E-state index in [1.807, 2.05) is 0 Å². The summed E-state index contributed by atoms with van der Waals surface area (Å²) in [6.07, 6.45) is 0.772. The van der Waals surface area contributed by atoms with E-state index in [0.717, 1.165) is 0 Å². The molecule has 0 spiro atoms. The highest BCUT2D eigenvalue weighted by Crippen LogP contribution is 2.33. The Hall–Kier alpha value is -0.890. The number of piperidine rings is 1. The standard InChI is InChI=1S/C16H24ClFN2O3S/c1-15(2,3)20-8-6-16(18,7-9-20)11-23-14-5-4-12(10-13(14)17)24(19,21)22/h4-5,10H,6-9,11H2,1-3H3,(H2,19,21,22). The van der Waals surface area contributed by atoms with E-state index in [1.54, 1.807) is 0 Å². The third-order valence-electron chi connectivity index (χ3n) is 4.33. The molecular formula is C16H24ClFN2O3S. The second-order valence-electron chi connectivity index (χ2n) is 7.23. The minimum absolute atomic E-state index is 0.0229. The monoisotopic (exact) mass is 378 g/mol. The summed E-state index contributed by atoms with van der Waals surface area (Å²) in [5.74, 6) is 0.249. The molecule has 2 N–H and O–H groups in total. The first-order valence-electron chi connectivity index (χ1n) is 7.80. The number of halogens is 2. The quantitative estimate of drug-likeness (QED) is 0.874. The molecule has 0 amide bonds. The molecule has 1 aliphatic heterocycles. The number of hydrogen-bond donors (Lipinski definition) is 1. The number of hydrogen-bond acceptors (Lipinski definition) is 4. The fourth-order valence-electron chi connectivity index (χ4n) is 2.71. The Morgan fingerprint density at radius 1 is 1.33 bits per heavy atom. The number of rotatable bonds is 4. The van der Waals surface area contributed by atoms with Crippen molar-refractivity contribution < 1.29 is 17.5 Å². The average Bonchev–Trinajstić information content (AvgIpc) is 2.44. The Morgan fingerprint density at radius 2 is 1.92 bits per heavy atom. The molecular weight excluding hydrogens is 355 g/mol. The van der Waals surface area contributed by atoms with Crippen molar-refractivity contribution in [3.63, 3.8) is 0 Å². The van der Waals surface area contributed by atoms with Crippen molar-refractivity contribution >= 4 is 21.6 Å². The lowest BCUT2D eigenvalue weighted by Crippen LogP contribution is -2.51.